The van der Waals surface area contributed by atoms with Gasteiger partial charge in [-0.15, -0.1) is 0 Å². The number of halogens is 6. The lowest BCUT2D eigenvalue weighted by Crippen LogP contribution is -2.30. The number of benzene rings is 1. The molecule has 10 heteroatoms. The average molecular weight is 332 g/mol. The predicted molar refractivity (Wildman–Crippen MR) is 65.8 cm³/mol. The topological polar surface area (TPSA) is 55.4 Å². The van der Waals surface area contributed by atoms with Crippen molar-refractivity contribution < 1.29 is 30.6 Å². The van der Waals surface area contributed by atoms with Crippen LogP contribution in [0.4, 0.5) is 32.0 Å². The molecule has 118 valence electrons. The fourth-order valence-corrected chi connectivity index (χ4v) is 2.46. The largest absolute Gasteiger partial charge is 0.448 e. The molecule has 0 fully saturated rings. The monoisotopic (exact) mass is 332 g/mol. The third-order valence-corrected chi connectivity index (χ3v) is 3.77. The molecule has 0 saturated heterocycles. The second kappa shape index (κ2) is 6.04. The van der Waals surface area contributed by atoms with E-state index >= 15 is 0 Å². The van der Waals surface area contributed by atoms with E-state index in [1.165, 1.54) is 13.0 Å². The van der Waals surface area contributed by atoms with Crippen molar-refractivity contribution >= 4 is 22.3 Å². The van der Waals surface area contributed by atoms with Crippen molar-refractivity contribution in [3.05, 3.63) is 23.8 Å². The highest BCUT2D eigenvalue weighted by molar-refractivity contribution is 7.85. The summed E-state index contributed by atoms with van der Waals surface area (Å²) in [5.74, 6) is -3.23. The fourth-order valence-electron chi connectivity index (χ4n) is 1.33. The van der Waals surface area contributed by atoms with E-state index in [2.05, 4.69) is 4.99 Å². The number of aliphatic imine (C=N–C) groups is 1. The van der Waals surface area contributed by atoms with Crippen LogP contribution in [0, 0.1) is 6.92 Å². The highest BCUT2D eigenvalue weighted by Crippen LogP contribution is 2.26. The summed E-state index contributed by atoms with van der Waals surface area (Å²) in [5, 5.41) is 0. The molecule has 0 aromatic heterocycles. The van der Waals surface area contributed by atoms with E-state index < -0.39 is 34.7 Å². The van der Waals surface area contributed by atoms with E-state index in [-0.39, 0.29) is 16.1 Å². The second-order valence-electron chi connectivity index (χ2n) is 4.05. The van der Waals surface area contributed by atoms with Gasteiger partial charge in [0.05, 0.1) is 16.5 Å². The van der Waals surface area contributed by atoms with Gasteiger partial charge in [-0.25, -0.2) is 4.99 Å². The van der Waals surface area contributed by atoms with E-state index in [0.29, 0.717) is 0 Å². The molecule has 3 nitrogen and oxygen atoms in total. The normalized spacial score (nSPS) is 15.1. The zero-order valence-electron chi connectivity index (χ0n) is 10.5. The van der Waals surface area contributed by atoms with Crippen molar-refractivity contribution in [3.8, 4) is 0 Å². The maximum Gasteiger partial charge on any atom is 0.448 e. The molecule has 0 aliphatic heterocycles. The molecule has 1 aromatic carbocycles. The summed E-state index contributed by atoms with van der Waals surface area (Å²) in [5.41, 5.74) is 4.65. The number of nitrogens with zero attached hydrogens (tertiary/aromatic N) is 1. The minimum Gasteiger partial charge on any atom is -0.380 e. The van der Waals surface area contributed by atoms with Gasteiger partial charge >= 0.3 is 12.4 Å². The van der Waals surface area contributed by atoms with Crippen molar-refractivity contribution in [3.63, 3.8) is 0 Å². The maximum atomic E-state index is 12.2. The molecular weight excluding hydrogens is 322 g/mol. The van der Waals surface area contributed by atoms with E-state index in [0.717, 1.165) is 12.1 Å². The molecule has 0 heterocycles. The first-order valence-electron chi connectivity index (χ1n) is 5.37. The van der Waals surface area contributed by atoms with Gasteiger partial charge in [-0.05, 0) is 24.6 Å². The van der Waals surface area contributed by atoms with Gasteiger partial charge in [0.1, 0.15) is 5.75 Å². The smallest absolute Gasteiger partial charge is 0.380 e. The third-order valence-electron chi connectivity index (χ3n) is 2.25. The first-order chi connectivity index (χ1) is 9.40. The Morgan fingerprint density at radius 1 is 1.24 bits per heavy atom. The summed E-state index contributed by atoms with van der Waals surface area (Å²) in [6.07, 6.45) is -9.50. The van der Waals surface area contributed by atoms with Crippen LogP contribution < -0.4 is 5.73 Å². The SMILES string of the molecule is Cc1ccc(N=C(N)C(F)(F)F)cc1S(=O)CC(F)(F)F. The van der Waals surface area contributed by atoms with Crippen LogP contribution in [-0.4, -0.2) is 28.1 Å². The van der Waals surface area contributed by atoms with Gasteiger partial charge in [0.2, 0.25) is 5.84 Å². The molecule has 1 rings (SSSR count). The van der Waals surface area contributed by atoms with Gasteiger partial charge in [-0.1, -0.05) is 6.07 Å². The molecule has 0 spiro atoms. The third kappa shape index (κ3) is 5.37. The number of amidine groups is 1. The van der Waals surface area contributed by atoms with Gasteiger partial charge in [-0.2, -0.15) is 26.3 Å². The summed E-state index contributed by atoms with van der Waals surface area (Å²) in [6.45, 7) is 1.39. The van der Waals surface area contributed by atoms with Crippen molar-refractivity contribution in [2.75, 3.05) is 5.75 Å². The highest BCUT2D eigenvalue weighted by Gasteiger charge is 2.34. The lowest BCUT2D eigenvalue weighted by Gasteiger charge is -2.10. The number of nitrogens with two attached hydrogens (primary N) is 1. The minimum atomic E-state index is -4.85. The quantitative estimate of drug-likeness (QED) is 0.525. The number of alkyl halides is 6. The molecule has 0 aliphatic rings. The molecule has 1 atom stereocenters. The van der Waals surface area contributed by atoms with Gasteiger partial charge in [-0.3, -0.25) is 4.21 Å². The van der Waals surface area contributed by atoms with Crippen LogP contribution in [-0.2, 0) is 10.8 Å². The minimum absolute atomic E-state index is 0.233. The lowest BCUT2D eigenvalue weighted by atomic mass is 10.2. The Morgan fingerprint density at radius 3 is 2.29 bits per heavy atom. The van der Waals surface area contributed by atoms with E-state index in [4.69, 9.17) is 5.73 Å². The zero-order chi connectivity index (χ0) is 16.4. The molecule has 1 unspecified atom stereocenters. The first kappa shape index (κ1) is 17.5. The standard InChI is InChI=1S/C11H10F6N2OS/c1-6-2-3-7(19-9(18)11(15,16)17)4-8(6)21(20)5-10(12,13)14/h2-4H,5H2,1H3,(H2,18,19). The zero-order valence-corrected chi connectivity index (χ0v) is 11.4. The summed E-state index contributed by atoms with van der Waals surface area (Å²) in [6, 6.07) is 3.27. The Kier molecular flexibility index (Phi) is 5.03. The fraction of sp³-hybridized carbons (Fsp3) is 0.364. The van der Waals surface area contributed by atoms with Crippen LogP contribution >= 0.6 is 0 Å². The van der Waals surface area contributed by atoms with Crippen molar-refractivity contribution in [1.82, 2.24) is 0 Å². The van der Waals surface area contributed by atoms with E-state index in [1.54, 1.807) is 0 Å². The van der Waals surface area contributed by atoms with Crippen LogP contribution in [0.25, 0.3) is 0 Å². The molecule has 1 aromatic rings. The Balaban J connectivity index is 3.15. The Hall–Kier alpha value is -1.58. The summed E-state index contributed by atoms with van der Waals surface area (Å²) in [7, 11) is -2.43. The van der Waals surface area contributed by atoms with Crippen molar-refractivity contribution in [1.29, 1.82) is 0 Å². The summed E-state index contributed by atoms with van der Waals surface area (Å²) >= 11 is 0. The molecule has 0 amide bonds. The molecule has 0 aliphatic carbocycles. The van der Waals surface area contributed by atoms with Gasteiger partial charge in [0, 0.05) is 4.90 Å². The summed E-state index contributed by atoms with van der Waals surface area (Å²) in [4.78, 5) is 2.83. The van der Waals surface area contributed by atoms with Crippen molar-refractivity contribution in [2.45, 2.75) is 24.2 Å². The average Bonchev–Trinajstić information content (AvgIpc) is 2.27. The summed E-state index contributed by atoms with van der Waals surface area (Å²) < 4.78 is 84.9. The van der Waals surface area contributed by atoms with E-state index in [1.807, 2.05) is 0 Å². The van der Waals surface area contributed by atoms with Gasteiger partial charge in [0.15, 0.2) is 0 Å². The number of aryl methyl sites for hydroxylation is 1. The molecule has 0 bridgehead atoms. The lowest BCUT2D eigenvalue weighted by molar-refractivity contribution is -0.105. The number of rotatable bonds is 3. The van der Waals surface area contributed by atoms with Crippen LogP contribution in [0.1, 0.15) is 5.56 Å². The van der Waals surface area contributed by atoms with Gasteiger partial charge < -0.3 is 5.73 Å². The molecule has 21 heavy (non-hydrogen) atoms. The van der Waals surface area contributed by atoms with Crippen molar-refractivity contribution in [2.24, 2.45) is 10.7 Å². The number of hydrogen-bond acceptors (Lipinski definition) is 2. The van der Waals surface area contributed by atoms with E-state index in [9.17, 15) is 30.6 Å². The first-order valence-corrected chi connectivity index (χ1v) is 6.69. The van der Waals surface area contributed by atoms with Crippen LogP contribution in [0.2, 0.25) is 0 Å². The maximum absolute atomic E-state index is 12.2. The molecule has 0 saturated carbocycles. The Labute approximate surface area is 118 Å². The Morgan fingerprint density at radius 2 is 1.81 bits per heavy atom. The molecule has 0 radical (unpaired) electrons. The van der Waals surface area contributed by atoms with Gasteiger partial charge in [0.25, 0.3) is 0 Å². The number of hydrogen-bond donors (Lipinski definition) is 1. The molecule has 2 N–H and O–H groups in total. The highest BCUT2D eigenvalue weighted by atomic mass is 32.2. The molecular formula is C11H10F6N2OS. The Bertz CT molecular complexity index is 579. The van der Waals surface area contributed by atoms with Crippen LogP contribution in [0.15, 0.2) is 28.1 Å². The second-order valence-corrected chi connectivity index (χ2v) is 5.47. The predicted octanol–water partition coefficient (Wildman–Crippen LogP) is 3.22. The van der Waals surface area contributed by atoms with Crippen LogP contribution in [0.5, 0.6) is 0 Å². The van der Waals surface area contributed by atoms with Crippen LogP contribution in [0.3, 0.4) is 0 Å².